The number of rotatable bonds is 17. The van der Waals surface area contributed by atoms with Crippen LogP contribution in [0.15, 0.2) is 71.8 Å². The highest BCUT2D eigenvalue weighted by atomic mass is 16.5. The Morgan fingerprint density at radius 1 is 0.977 bits per heavy atom. The van der Waals surface area contributed by atoms with Crippen LogP contribution < -0.4 is 26.3 Å². The Labute approximate surface area is 260 Å². The molecule has 0 radical (unpaired) electrons. The molecule has 0 heterocycles. The third-order valence-electron chi connectivity index (χ3n) is 8.08. The van der Waals surface area contributed by atoms with Gasteiger partial charge in [-0.2, -0.15) is 0 Å². The summed E-state index contributed by atoms with van der Waals surface area (Å²) in [6.07, 6.45) is 3.46. The molecule has 0 spiro atoms. The topological polar surface area (TPSA) is 157 Å². The Kier molecular flexibility index (Phi) is 12.5. The van der Waals surface area contributed by atoms with Crippen LogP contribution >= 0.6 is 0 Å². The number of methoxy groups -OCH3 is 2. The highest BCUT2D eigenvalue weighted by molar-refractivity contribution is 6.03. The minimum absolute atomic E-state index is 0.0163. The number of nitrogens with zero attached hydrogens (tertiary/aromatic N) is 1. The quantitative estimate of drug-likeness (QED) is 0.216. The summed E-state index contributed by atoms with van der Waals surface area (Å²) in [7, 11) is 3.17. The van der Waals surface area contributed by atoms with Gasteiger partial charge in [-0.15, -0.1) is 0 Å². The van der Waals surface area contributed by atoms with E-state index in [1.807, 2.05) is 50.2 Å². The molecule has 10 nitrogen and oxygen atoms in total. The van der Waals surface area contributed by atoms with Crippen LogP contribution in [0.1, 0.15) is 44.2 Å². The standard InChI is InChI=1S/C34H46N4O6/c1-5-14-38(15-6-2)32(41)26-18-25(31(35)40)19-34(20-26,33(36)42)29(17-23-10-12-27(43-3)13-11-23)30(39)22-37-21-24-8-7-9-28(16-24)44-4/h7-13,16,18-19,29-30,37,39H,5-6,14-15,17,20-22H2,1-4H3,(H2,35,40)(H2,36,42)/t29-,30+,34?/m1/s1. The molecule has 2 aromatic carbocycles. The summed E-state index contributed by atoms with van der Waals surface area (Å²) in [5.74, 6) is -1.26. The van der Waals surface area contributed by atoms with Crippen molar-refractivity contribution in [2.24, 2.45) is 22.8 Å². The molecule has 1 aliphatic rings. The van der Waals surface area contributed by atoms with E-state index in [0.717, 1.165) is 24.0 Å². The van der Waals surface area contributed by atoms with E-state index in [2.05, 4.69) is 5.32 Å². The van der Waals surface area contributed by atoms with Gasteiger partial charge >= 0.3 is 0 Å². The molecule has 3 amide bonds. The maximum absolute atomic E-state index is 13.8. The number of ether oxygens (including phenoxy) is 2. The SMILES string of the molecule is CCCN(CCC)C(=O)C1=CC(C(N)=O)=CC(C(N)=O)([C@H](Cc2ccc(OC)cc2)[C@@H](O)CNCc2cccc(OC)c2)C1. The first-order valence-corrected chi connectivity index (χ1v) is 15.1. The van der Waals surface area contributed by atoms with Crippen molar-refractivity contribution < 1.29 is 29.0 Å². The molecular weight excluding hydrogens is 560 g/mol. The van der Waals surface area contributed by atoms with E-state index in [4.69, 9.17) is 20.9 Å². The van der Waals surface area contributed by atoms with Crippen LogP contribution in [0, 0.1) is 11.3 Å². The lowest BCUT2D eigenvalue weighted by Gasteiger charge is -2.42. The summed E-state index contributed by atoms with van der Waals surface area (Å²) in [6, 6.07) is 14.9. The van der Waals surface area contributed by atoms with Gasteiger partial charge in [0.1, 0.15) is 11.5 Å². The average molecular weight is 607 g/mol. The van der Waals surface area contributed by atoms with Crippen LogP contribution in [0.2, 0.25) is 0 Å². The largest absolute Gasteiger partial charge is 0.497 e. The molecule has 10 heteroatoms. The van der Waals surface area contributed by atoms with Crippen LogP contribution in [-0.2, 0) is 27.3 Å². The zero-order chi connectivity index (χ0) is 32.3. The summed E-state index contributed by atoms with van der Waals surface area (Å²) in [6.45, 7) is 5.55. The Bertz CT molecular complexity index is 1350. The normalized spacial score (nSPS) is 17.6. The maximum atomic E-state index is 13.8. The number of carbonyl (C=O) groups excluding carboxylic acids is 3. The predicted octanol–water partition coefficient (Wildman–Crippen LogP) is 2.88. The molecular formula is C34H46N4O6. The number of hydrogen-bond acceptors (Lipinski definition) is 7. The van der Waals surface area contributed by atoms with Crippen molar-refractivity contribution in [3.05, 3.63) is 83.0 Å². The Hall–Kier alpha value is -4.15. The second kappa shape index (κ2) is 16.1. The number of amides is 3. The summed E-state index contributed by atoms with van der Waals surface area (Å²) < 4.78 is 10.6. The molecule has 2 aromatic rings. The number of benzene rings is 2. The lowest BCUT2D eigenvalue weighted by molar-refractivity contribution is -0.132. The number of carbonyl (C=O) groups is 3. The van der Waals surface area contributed by atoms with E-state index in [1.54, 1.807) is 31.3 Å². The average Bonchev–Trinajstić information content (AvgIpc) is 3.03. The molecule has 1 unspecified atom stereocenters. The number of primary amides is 2. The molecule has 0 fully saturated rings. The Morgan fingerprint density at radius 3 is 2.20 bits per heavy atom. The lowest BCUT2D eigenvalue weighted by atomic mass is 9.63. The third-order valence-corrected chi connectivity index (χ3v) is 8.08. The van der Waals surface area contributed by atoms with E-state index in [9.17, 15) is 19.5 Å². The second-order valence-corrected chi connectivity index (χ2v) is 11.2. The summed E-state index contributed by atoms with van der Waals surface area (Å²) in [4.78, 5) is 41.6. The zero-order valence-corrected chi connectivity index (χ0v) is 26.2. The molecule has 3 rings (SSSR count). The van der Waals surface area contributed by atoms with Gasteiger partial charge in [0.25, 0.3) is 0 Å². The van der Waals surface area contributed by atoms with Gasteiger partial charge in [0.2, 0.25) is 17.7 Å². The summed E-state index contributed by atoms with van der Waals surface area (Å²) >= 11 is 0. The van der Waals surface area contributed by atoms with Crippen molar-refractivity contribution in [1.82, 2.24) is 10.2 Å². The molecule has 1 aliphatic carbocycles. The molecule has 0 bridgehead atoms. The highest BCUT2D eigenvalue weighted by Crippen LogP contribution is 2.44. The van der Waals surface area contributed by atoms with Crippen molar-refractivity contribution in [2.45, 2.75) is 52.2 Å². The first-order valence-electron chi connectivity index (χ1n) is 15.1. The monoisotopic (exact) mass is 606 g/mol. The van der Waals surface area contributed by atoms with Gasteiger partial charge in [-0.25, -0.2) is 0 Å². The van der Waals surface area contributed by atoms with Gasteiger partial charge in [0.05, 0.1) is 25.7 Å². The number of aliphatic hydroxyl groups excluding tert-OH is 1. The van der Waals surface area contributed by atoms with Crippen molar-refractivity contribution in [3.8, 4) is 11.5 Å². The lowest BCUT2D eigenvalue weighted by Crippen LogP contribution is -2.52. The smallest absolute Gasteiger partial charge is 0.249 e. The van der Waals surface area contributed by atoms with Crippen LogP contribution in [0.25, 0.3) is 0 Å². The first kappa shape index (κ1) is 34.3. The van der Waals surface area contributed by atoms with Crippen LogP contribution in [-0.4, -0.2) is 67.7 Å². The minimum Gasteiger partial charge on any atom is -0.497 e. The molecule has 238 valence electrons. The van der Waals surface area contributed by atoms with Gasteiger partial charge in [-0.05, 0) is 67.2 Å². The van der Waals surface area contributed by atoms with Gasteiger partial charge in [-0.1, -0.05) is 44.2 Å². The van der Waals surface area contributed by atoms with Crippen LogP contribution in [0.5, 0.6) is 11.5 Å². The number of hydrogen-bond donors (Lipinski definition) is 4. The molecule has 6 N–H and O–H groups in total. The maximum Gasteiger partial charge on any atom is 0.249 e. The van der Waals surface area contributed by atoms with E-state index in [-0.39, 0.29) is 36.4 Å². The van der Waals surface area contributed by atoms with Crippen LogP contribution in [0.4, 0.5) is 0 Å². The van der Waals surface area contributed by atoms with Gasteiger partial charge in [-0.3, -0.25) is 14.4 Å². The predicted molar refractivity (Wildman–Crippen MR) is 170 cm³/mol. The van der Waals surface area contributed by atoms with Crippen molar-refractivity contribution in [3.63, 3.8) is 0 Å². The van der Waals surface area contributed by atoms with Gasteiger partial charge in [0, 0.05) is 43.2 Å². The fourth-order valence-corrected chi connectivity index (χ4v) is 5.81. The van der Waals surface area contributed by atoms with E-state index >= 15 is 0 Å². The van der Waals surface area contributed by atoms with E-state index in [1.165, 1.54) is 12.2 Å². The first-order chi connectivity index (χ1) is 21.1. The second-order valence-electron chi connectivity index (χ2n) is 11.2. The number of nitrogens with one attached hydrogen (secondary N) is 1. The summed E-state index contributed by atoms with van der Waals surface area (Å²) in [5.41, 5.74) is 12.4. The zero-order valence-electron chi connectivity index (χ0n) is 26.2. The van der Waals surface area contributed by atoms with Gasteiger partial charge < -0.3 is 36.3 Å². The molecule has 0 saturated heterocycles. The van der Waals surface area contributed by atoms with Gasteiger partial charge in [0.15, 0.2) is 0 Å². The van der Waals surface area contributed by atoms with Crippen LogP contribution in [0.3, 0.4) is 0 Å². The van der Waals surface area contributed by atoms with E-state index in [0.29, 0.717) is 31.1 Å². The fraction of sp³-hybridized carbons (Fsp3) is 0.441. The number of nitrogens with two attached hydrogens (primary N) is 2. The minimum atomic E-state index is -1.58. The van der Waals surface area contributed by atoms with Crippen molar-refractivity contribution in [1.29, 1.82) is 0 Å². The third kappa shape index (κ3) is 8.48. The molecule has 0 aliphatic heterocycles. The molecule has 0 aromatic heterocycles. The Balaban J connectivity index is 2.03. The fourth-order valence-electron chi connectivity index (χ4n) is 5.81. The summed E-state index contributed by atoms with van der Waals surface area (Å²) in [5, 5.41) is 15.0. The molecule has 44 heavy (non-hydrogen) atoms. The Morgan fingerprint density at radius 2 is 1.64 bits per heavy atom. The van der Waals surface area contributed by atoms with Crippen molar-refractivity contribution in [2.75, 3.05) is 33.9 Å². The number of aliphatic hydroxyl groups is 1. The molecule has 3 atom stereocenters. The van der Waals surface area contributed by atoms with E-state index < -0.39 is 29.3 Å². The highest BCUT2D eigenvalue weighted by Gasteiger charge is 2.49. The molecule has 0 saturated carbocycles. The van der Waals surface area contributed by atoms with Crippen molar-refractivity contribution >= 4 is 17.7 Å².